The van der Waals surface area contributed by atoms with Crippen molar-refractivity contribution in [3.05, 3.63) is 18.2 Å². The summed E-state index contributed by atoms with van der Waals surface area (Å²) in [6.07, 6.45) is -4.71. The zero-order valence-electron chi connectivity index (χ0n) is 8.80. The van der Waals surface area contributed by atoms with E-state index in [4.69, 9.17) is 9.47 Å². The van der Waals surface area contributed by atoms with E-state index in [9.17, 15) is 13.2 Å². The summed E-state index contributed by atoms with van der Waals surface area (Å²) in [5, 5.41) is 0. The minimum atomic E-state index is -4.71. The molecule has 3 nitrogen and oxygen atoms in total. The fourth-order valence-electron chi connectivity index (χ4n) is 1.12. The maximum absolute atomic E-state index is 11.9. The van der Waals surface area contributed by atoms with E-state index in [-0.39, 0.29) is 11.5 Å². The molecule has 0 unspecified atom stereocenters. The van der Waals surface area contributed by atoms with Crippen LogP contribution in [0.25, 0.3) is 0 Å². The molecule has 0 fully saturated rings. The van der Waals surface area contributed by atoms with Gasteiger partial charge in [-0.15, -0.1) is 13.2 Å². The normalized spacial score (nSPS) is 11.1. The highest BCUT2D eigenvalue weighted by Crippen LogP contribution is 2.33. The van der Waals surface area contributed by atoms with Gasteiger partial charge in [0.2, 0.25) is 0 Å². The molecule has 0 saturated heterocycles. The first-order valence-corrected chi connectivity index (χ1v) is 4.53. The van der Waals surface area contributed by atoms with Crippen molar-refractivity contribution in [3.8, 4) is 17.2 Å². The predicted octanol–water partition coefficient (Wildman–Crippen LogP) is 2.99. The first-order valence-electron chi connectivity index (χ1n) is 4.53. The van der Waals surface area contributed by atoms with E-state index in [2.05, 4.69) is 4.74 Å². The fourth-order valence-corrected chi connectivity index (χ4v) is 1.12. The molecule has 1 rings (SSSR count). The second-order valence-electron chi connectivity index (χ2n) is 2.79. The average molecular weight is 236 g/mol. The SMILES string of the molecule is CCOc1cc(OC(F)(F)F)ccc1OC. The molecule has 0 heterocycles. The van der Waals surface area contributed by atoms with Gasteiger partial charge in [0.05, 0.1) is 13.7 Å². The van der Waals surface area contributed by atoms with Gasteiger partial charge in [-0.1, -0.05) is 0 Å². The van der Waals surface area contributed by atoms with E-state index in [0.29, 0.717) is 12.4 Å². The van der Waals surface area contributed by atoms with Crippen molar-refractivity contribution >= 4 is 0 Å². The number of methoxy groups -OCH3 is 1. The van der Waals surface area contributed by atoms with Crippen LogP contribution in [0.4, 0.5) is 13.2 Å². The highest BCUT2D eigenvalue weighted by atomic mass is 19.4. The molecule has 6 heteroatoms. The van der Waals surface area contributed by atoms with Gasteiger partial charge in [0.1, 0.15) is 5.75 Å². The van der Waals surface area contributed by atoms with E-state index in [0.717, 1.165) is 12.1 Å². The lowest BCUT2D eigenvalue weighted by Gasteiger charge is -2.12. The van der Waals surface area contributed by atoms with Gasteiger partial charge in [0.15, 0.2) is 11.5 Å². The zero-order valence-corrected chi connectivity index (χ0v) is 8.80. The number of hydrogen-bond acceptors (Lipinski definition) is 3. The van der Waals surface area contributed by atoms with Crippen molar-refractivity contribution < 1.29 is 27.4 Å². The third kappa shape index (κ3) is 3.52. The van der Waals surface area contributed by atoms with E-state index in [1.165, 1.54) is 13.2 Å². The standard InChI is InChI=1S/C10H11F3O3/c1-3-15-9-6-7(16-10(11,12)13)4-5-8(9)14-2/h4-6H,3H2,1-2H3. The minimum absolute atomic E-state index is 0.215. The molecule has 16 heavy (non-hydrogen) atoms. The lowest BCUT2D eigenvalue weighted by molar-refractivity contribution is -0.274. The second kappa shape index (κ2) is 4.96. The van der Waals surface area contributed by atoms with Crippen LogP contribution in [0.2, 0.25) is 0 Å². The van der Waals surface area contributed by atoms with Crippen LogP contribution in [0.15, 0.2) is 18.2 Å². The topological polar surface area (TPSA) is 27.7 Å². The van der Waals surface area contributed by atoms with Crippen molar-refractivity contribution in [2.75, 3.05) is 13.7 Å². The summed E-state index contributed by atoms with van der Waals surface area (Å²) in [6, 6.07) is 3.65. The molecule has 0 atom stereocenters. The second-order valence-corrected chi connectivity index (χ2v) is 2.79. The maximum atomic E-state index is 11.9. The monoisotopic (exact) mass is 236 g/mol. The van der Waals surface area contributed by atoms with E-state index >= 15 is 0 Å². The number of ether oxygens (including phenoxy) is 3. The van der Waals surface area contributed by atoms with Gasteiger partial charge in [0, 0.05) is 6.07 Å². The molecule has 1 aromatic carbocycles. The Morgan fingerprint density at radius 1 is 1.19 bits per heavy atom. The number of hydrogen-bond donors (Lipinski definition) is 0. The summed E-state index contributed by atoms with van der Waals surface area (Å²) < 4.78 is 49.6. The largest absolute Gasteiger partial charge is 0.573 e. The van der Waals surface area contributed by atoms with Crippen LogP contribution in [0, 0.1) is 0 Å². The lowest BCUT2D eigenvalue weighted by Crippen LogP contribution is -2.17. The first-order chi connectivity index (χ1) is 7.46. The summed E-state index contributed by atoms with van der Waals surface area (Å²) in [4.78, 5) is 0. The Bertz CT molecular complexity index is 350. The summed E-state index contributed by atoms with van der Waals surface area (Å²) in [5.74, 6) is 0.236. The number of halogens is 3. The van der Waals surface area contributed by atoms with E-state index in [1.54, 1.807) is 6.92 Å². The quantitative estimate of drug-likeness (QED) is 0.804. The van der Waals surface area contributed by atoms with Crippen LogP contribution in [0.1, 0.15) is 6.92 Å². The average Bonchev–Trinajstić information content (AvgIpc) is 2.16. The molecule has 0 aliphatic rings. The molecule has 1 aromatic rings. The highest BCUT2D eigenvalue weighted by molar-refractivity contribution is 5.45. The van der Waals surface area contributed by atoms with Gasteiger partial charge in [-0.05, 0) is 19.1 Å². The number of alkyl halides is 3. The molecule has 90 valence electrons. The smallest absolute Gasteiger partial charge is 0.493 e. The third-order valence-electron chi connectivity index (χ3n) is 1.67. The van der Waals surface area contributed by atoms with Crippen molar-refractivity contribution in [2.24, 2.45) is 0 Å². The summed E-state index contributed by atoms with van der Waals surface area (Å²) >= 11 is 0. The van der Waals surface area contributed by atoms with Gasteiger partial charge in [-0.3, -0.25) is 0 Å². The predicted molar refractivity (Wildman–Crippen MR) is 50.8 cm³/mol. The number of benzene rings is 1. The molecule has 0 saturated carbocycles. The highest BCUT2D eigenvalue weighted by Gasteiger charge is 2.31. The maximum Gasteiger partial charge on any atom is 0.573 e. The molecule has 0 aliphatic carbocycles. The third-order valence-corrected chi connectivity index (χ3v) is 1.67. The van der Waals surface area contributed by atoms with Crippen LogP contribution in [0.5, 0.6) is 17.2 Å². The van der Waals surface area contributed by atoms with Crippen molar-refractivity contribution in [1.29, 1.82) is 0 Å². The van der Waals surface area contributed by atoms with Crippen LogP contribution in [-0.4, -0.2) is 20.1 Å². The lowest BCUT2D eigenvalue weighted by atomic mass is 10.3. The Kier molecular flexibility index (Phi) is 3.87. The molecular formula is C10H11F3O3. The Balaban J connectivity index is 2.93. The van der Waals surface area contributed by atoms with Gasteiger partial charge in [0.25, 0.3) is 0 Å². The van der Waals surface area contributed by atoms with Crippen molar-refractivity contribution in [3.63, 3.8) is 0 Å². The molecule has 0 aliphatic heterocycles. The Morgan fingerprint density at radius 2 is 1.88 bits per heavy atom. The Labute approximate surface area is 90.7 Å². The molecule has 0 bridgehead atoms. The van der Waals surface area contributed by atoms with Crippen LogP contribution in [-0.2, 0) is 0 Å². The minimum Gasteiger partial charge on any atom is -0.493 e. The van der Waals surface area contributed by atoms with E-state index < -0.39 is 6.36 Å². The van der Waals surface area contributed by atoms with Gasteiger partial charge < -0.3 is 14.2 Å². The number of rotatable bonds is 4. The van der Waals surface area contributed by atoms with Crippen LogP contribution < -0.4 is 14.2 Å². The molecular weight excluding hydrogens is 225 g/mol. The molecule has 0 spiro atoms. The molecule has 0 aromatic heterocycles. The Hall–Kier alpha value is -1.59. The first kappa shape index (κ1) is 12.5. The zero-order chi connectivity index (χ0) is 12.2. The fraction of sp³-hybridized carbons (Fsp3) is 0.400. The van der Waals surface area contributed by atoms with Crippen molar-refractivity contribution in [2.45, 2.75) is 13.3 Å². The summed E-state index contributed by atoms with van der Waals surface area (Å²) in [7, 11) is 1.40. The van der Waals surface area contributed by atoms with Crippen LogP contribution in [0.3, 0.4) is 0 Å². The van der Waals surface area contributed by atoms with Crippen LogP contribution >= 0.6 is 0 Å². The van der Waals surface area contributed by atoms with Gasteiger partial charge in [-0.25, -0.2) is 0 Å². The van der Waals surface area contributed by atoms with E-state index in [1.807, 2.05) is 0 Å². The summed E-state index contributed by atoms with van der Waals surface area (Å²) in [5.41, 5.74) is 0. The summed E-state index contributed by atoms with van der Waals surface area (Å²) in [6.45, 7) is 2.04. The molecule has 0 radical (unpaired) electrons. The van der Waals surface area contributed by atoms with Crippen molar-refractivity contribution in [1.82, 2.24) is 0 Å². The molecule has 0 amide bonds. The Morgan fingerprint density at radius 3 is 2.38 bits per heavy atom. The molecule has 0 N–H and O–H groups in total. The van der Waals surface area contributed by atoms with Gasteiger partial charge in [-0.2, -0.15) is 0 Å². The van der Waals surface area contributed by atoms with Gasteiger partial charge >= 0.3 is 6.36 Å².